The first-order valence-electron chi connectivity index (χ1n) is 9.90. The number of thiazole rings is 1. The van der Waals surface area contributed by atoms with Gasteiger partial charge in [0.2, 0.25) is 0 Å². The summed E-state index contributed by atoms with van der Waals surface area (Å²) in [4.78, 5) is 36.3. The maximum Gasteiger partial charge on any atom is 0.347 e. The highest BCUT2D eigenvalue weighted by molar-refractivity contribution is 7.17. The Bertz CT molecular complexity index is 1230. The molecule has 1 fully saturated rings. The monoisotopic (exact) mass is 472 g/mol. The molecule has 160 valence electrons. The van der Waals surface area contributed by atoms with Crippen LogP contribution in [0.25, 0.3) is 21.7 Å². The Labute approximate surface area is 191 Å². The van der Waals surface area contributed by atoms with Gasteiger partial charge in [0, 0.05) is 44.2 Å². The van der Waals surface area contributed by atoms with Gasteiger partial charge in [-0.3, -0.25) is 0 Å². The number of carbonyl (C=O) groups excluding carboxylic acids is 2. The molecule has 0 radical (unpaired) electrons. The Hall–Kier alpha value is -2.33. The van der Waals surface area contributed by atoms with E-state index in [0.717, 1.165) is 54.6 Å². The molecular formula is C22H20N2O4S3. The third-order valence-electron chi connectivity index (χ3n) is 5.37. The van der Waals surface area contributed by atoms with Crippen molar-refractivity contribution in [1.29, 1.82) is 0 Å². The summed E-state index contributed by atoms with van der Waals surface area (Å²) in [5, 5.41) is 3.02. The molecule has 2 aliphatic heterocycles. The standard InChI is InChI=1S/C22H20N2O4S3/c1-11-8-14(12(2)30-11)18-19(21(26)28-20(18)25)15-9-17(31-13(15)3)16-10-29-22(23-16)24-4-6-27-7-5-24/h8-10H,4-7H2,1-3H3. The molecule has 0 N–H and O–H groups in total. The Morgan fingerprint density at radius 3 is 2.23 bits per heavy atom. The highest BCUT2D eigenvalue weighted by Gasteiger charge is 2.37. The highest BCUT2D eigenvalue weighted by Crippen LogP contribution is 2.43. The molecule has 31 heavy (non-hydrogen) atoms. The molecule has 3 aromatic heterocycles. The van der Waals surface area contributed by atoms with E-state index in [1.807, 2.05) is 38.3 Å². The van der Waals surface area contributed by atoms with Crippen molar-refractivity contribution in [3.05, 3.63) is 43.3 Å². The van der Waals surface area contributed by atoms with E-state index in [2.05, 4.69) is 4.90 Å². The van der Waals surface area contributed by atoms with Crippen molar-refractivity contribution in [2.75, 3.05) is 31.2 Å². The number of nitrogens with zero attached hydrogens (tertiary/aromatic N) is 2. The maximum atomic E-state index is 12.7. The molecular weight excluding hydrogens is 452 g/mol. The first kappa shape index (κ1) is 20.6. The Morgan fingerprint density at radius 2 is 1.58 bits per heavy atom. The van der Waals surface area contributed by atoms with Crippen molar-refractivity contribution in [3.8, 4) is 10.6 Å². The lowest BCUT2D eigenvalue weighted by Gasteiger charge is -2.25. The highest BCUT2D eigenvalue weighted by atomic mass is 32.1. The molecule has 5 heterocycles. The van der Waals surface area contributed by atoms with Crippen molar-refractivity contribution in [2.24, 2.45) is 0 Å². The molecule has 2 aliphatic rings. The Balaban J connectivity index is 1.56. The average Bonchev–Trinajstić information content (AvgIpc) is 3.49. The summed E-state index contributed by atoms with van der Waals surface area (Å²) < 4.78 is 10.5. The minimum atomic E-state index is -0.581. The van der Waals surface area contributed by atoms with Gasteiger partial charge in [-0.15, -0.1) is 34.0 Å². The zero-order valence-corrected chi connectivity index (χ0v) is 19.8. The van der Waals surface area contributed by atoms with Gasteiger partial charge >= 0.3 is 11.9 Å². The molecule has 1 saturated heterocycles. The van der Waals surface area contributed by atoms with Gasteiger partial charge in [-0.25, -0.2) is 14.6 Å². The minimum Gasteiger partial charge on any atom is -0.386 e. The lowest BCUT2D eigenvalue weighted by molar-refractivity contribution is -0.149. The van der Waals surface area contributed by atoms with Gasteiger partial charge in [-0.05, 0) is 32.9 Å². The number of esters is 2. The number of anilines is 1. The minimum absolute atomic E-state index is 0.356. The smallest absolute Gasteiger partial charge is 0.347 e. The summed E-state index contributed by atoms with van der Waals surface area (Å²) >= 11 is 4.79. The van der Waals surface area contributed by atoms with Crippen molar-refractivity contribution in [1.82, 2.24) is 4.98 Å². The number of carbonyl (C=O) groups is 2. The fraction of sp³-hybridized carbons (Fsp3) is 0.318. The van der Waals surface area contributed by atoms with Crippen LogP contribution in [0.5, 0.6) is 0 Å². The van der Waals surface area contributed by atoms with Crippen molar-refractivity contribution >= 4 is 62.2 Å². The average molecular weight is 473 g/mol. The number of hydrogen-bond acceptors (Lipinski definition) is 9. The van der Waals surface area contributed by atoms with Crippen molar-refractivity contribution < 1.29 is 19.1 Å². The van der Waals surface area contributed by atoms with Crippen LogP contribution < -0.4 is 4.90 Å². The number of morpholine rings is 1. The molecule has 9 heteroatoms. The van der Waals surface area contributed by atoms with E-state index in [4.69, 9.17) is 14.5 Å². The molecule has 3 aromatic rings. The summed E-state index contributed by atoms with van der Waals surface area (Å²) in [7, 11) is 0. The van der Waals surface area contributed by atoms with E-state index in [-0.39, 0.29) is 0 Å². The predicted octanol–water partition coefficient (Wildman–Crippen LogP) is 4.69. The molecule has 0 aliphatic carbocycles. The molecule has 0 bridgehead atoms. The van der Waals surface area contributed by atoms with Crippen LogP contribution in [0.2, 0.25) is 0 Å². The van der Waals surface area contributed by atoms with E-state index in [1.165, 1.54) is 0 Å². The second-order valence-corrected chi connectivity index (χ2v) is 11.0. The first-order valence-corrected chi connectivity index (χ1v) is 12.4. The van der Waals surface area contributed by atoms with E-state index in [1.54, 1.807) is 34.0 Å². The number of hydrogen-bond donors (Lipinski definition) is 0. The fourth-order valence-corrected chi connectivity index (χ4v) is 6.76. The number of ether oxygens (including phenoxy) is 2. The van der Waals surface area contributed by atoms with Crippen LogP contribution in [-0.2, 0) is 19.1 Å². The van der Waals surface area contributed by atoms with Gasteiger partial charge in [0.05, 0.1) is 34.9 Å². The number of rotatable bonds is 4. The topological polar surface area (TPSA) is 68.7 Å². The number of aromatic nitrogens is 1. The molecule has 0 spiro atoms. The number of thiophene rings is 2. The van der Waals surface area contributed by atoms with Crippen LogP contribution in [0.3, 0.4) is 0 Å². The van der Waals surface area contributed by atoms with Gasteiger partial charge in [0.1, 0.15) is 0 Å². The zero-order valence-electron chi connectivity index (χ0n) is 17.3. The quantitative estimate of drug-likeness (QED) is 0.405. The summed E-state index contributed by atoms with van der Waals surface area (Å²) in [5.74, 6) is -1.15. The van der Waals surface area contributed by atoms with E-state index >= 15 is 0 Å². The summed E-state index contributed by atoms with van der Waals surface area (Å²) in [5.41, 5.74) is 3.13. The second-order valence-electron chi connectivity index (χ2n) is 7.45. The Kier molecular flexibility index (Phi) is 5.29. The predicted molar refractivity (Wildman–Crippen MR) is 125 cm³/mol. The molecule has 5 rings (SSSR count). The van der Waals surface area contributed by atoms with Gasteiger partial charge in [-0.1, -0.05) is 0 Å². The molecule has 0 amide bonds. The SMILES string of the molecule is Cc1cc(C2=C(c3cc(-c4csc(N5CCOCC5)n4)sc3C)C(=O)OC2=O)c(C)s1. The van der Waals surface area contributed by atoms with E-state index < -0.39 is 11.9 Å². The summed E-state index contributed by atoms with van der Waals surface area (Å²) in [6.07, 6.45) is 0. The van der Waals surface area contributed by atoms with Crippen molar-refractivity contribution in [2.45, 2.75) is 20.8 Å². The van der Waals surface area contributed by atoms with Crippen LogP contribution in [-0.4, -0.2) is 43.2 Å². The molecule has 0 aromatic carbocycles. The third-order valence-corrected chi connectivity index (χ3v) is 8.31. The molecule has 0 unspecified atom stereocenters. The molecule has 0 saturated carbocycles. The van der Waals surface area contributed by atoms with Crippen molar-refractivity contribution in [3.63, 3.8) is 0 Å². The normalized spacial score (nSPS) is 17.1. The number of aryl methyl sites for hydroxylation is 3. The third kappa shape index (κ3) is 3.65. The van der Waals surface area contributed by atoms with Crippen LogP contribution in [0.15, 0.2) is 17.5 Å². The van der Waals surface area contributed by atoms with Gasteiger partial charge in [-0.2, -0.15) is 0 Å². The van der Waals surface area contributed by atoms with Crippen LogP contribution in [0.1, 0.15) is 25.8 Å². The van der Waals surface area contributed by atoms with Crippen LogP contribution >= 0.6 is 34.0 Å². The first-order chi connectivity index (χ1) is 14.9. The summed E-state index contributed by atoms with van der Waals surface area (Å²) in [6.45, 7) is 9.02. The molecule has 0 atom stereocenters. The largest absolute Gasteiger partial charge is 0.386 e. The lowest BCUT2D eigenvalue weighted by atomic mass is 9.96. The second kappa shape index (κ2) is 7.98. The van der Waals surface area contributed by atoms with E-state index in [0.29, 0.717) is 24.4 Å². The number of cyclic esters (lactones) is 2. The molecule has 6 nitrogen and oxygen atoms in total. The van der Waals surface area contributed by atoms with Crippen LogP contribution in [0, 0.1) is 20.8 Å². The van der Waals surface area contributed by atoms with Gasteiger partial charge < -0.3 is 14.4 Å². The maximum absolute atomic E-state index is 12.7. The fourth-order valence-electron chi connectivity index (χ4n) is 3.89. The zero-order chi connectivity index (χ0) is 21.7. The summed E-state index contributed by atoms with van der Waals surface area (Å²) in [6, 6.07) is 3.91. The van der Waals surface area contributed by atoms with Gasteiger partial charge in [0.25, 0.3) is 0 Å². The Morgan fingerprint density at radius 1 is 0.935 bits per heavy atom. The van der Waals surface area contributed by atoms with Gasteiger partial charge in [0.15, 0.2) is 5.13 Å². The van der Waals surface area contributed by atoms with Crippen LogP contribution in [0.4, 0.5) is 5.13 Å². The lowest BCUT2D eigenvalue weighted by Crippen LogP contribution is -2.36. The van der Waals surface area contributed by atoms with E-state index in [9.17, 15) is 9.59 Å².